The first-order valence-electron chi connectivity index (χ1n) is 5.50. The molecule has 0 aliphatic carbocycles. The van der Waals surface area contributed by atoms with Gasteiger partial charge in [-0.25, -0.2) is 0 Å². The number of carbonyl (C=O) groups is 2. The zero-order valence-electron chi connectivity index (χ0n) is 10.3. The summed E-state index contributed by atoms with van der Waals surface area (Å²) >= 11 is 0. The summed E-state index contributed by atoms with van der Waals surface area (Å²) in [5, 5.41) is 17.9. The van der Waals surface area contributed by atoms with Crippen LogP contribution in [0.2, 0.25) is 0 Å². The first-order chi connectivity index (χ1) is 7.31. The number of hydrogen-bond acceptors (Lipinski definition) is 3. The summed E-state index contributed by atoms with van der Waals surface area (Å²) in [6, 6.07) is -0.619. The van der Waals surface area contributed by atoms with Gasteiger partial charge in [0.15, 0.2) is 0 Å². The second-order valence-electron chi connectivity index (χ2n) is 4.35. The standard InChI is InChI=1S/C11H21NO4/c1-5-12(6-8(4)10(13)14)9(7(2)3)11(15)16/h7-9H,5-6H2,1-4H3,(H,13,14)(H,15,16). The number of rotatable bonds is 7. The van der Waals surface area contributed by atoms with Crippen LogP contribution in [0.4, 0.5) is 0 Å². The summed E-state index contributed by atoms with van der Waals surface area (Å²) in [5.74, 6) is -2.39. The van der Waals surface area contributed by atoms with Crippen molar-refractivity contribution < 1.29 is 19.8 Å². The Bertz CT molecular complexity index is 252. The number of hydrogen-bond donors (Lipinski definition) is 2. The predicted molar refractivity (Wildman–Crippen MR) is 60.3 cm³/mol. The molecule has 0 saturated heterocycles. The van der Waals surface area contributed by atoms with Gasteiger partial charge in [0.2, 0.25) is 0 Å². The molecule has 94 valence electrons. The Balaban J connectivity index is 4.68. The van der Waals surface area contributed by atoms with E-state index in [2.05, 4.69) is 0 Å². The molecule has 0 spiro atoms. The topological polar surface area (TPSA) is 77.8 Å². The molecule has 0 heterocycles. The van der Waals surface area contributed by atoms with E-state index in [1.54, 1.807) is 11.8 Å². The van der Waals surface area contributed by atoms with Crippen molar-refractivity contribution in [2.75, 3.05) is 13.1 Å². The van der Waals surface area contributed by atoms with Crippen molar-refractivity contribution in [3.05, 3.63) is 0 Å². The predicted octanol–water partition coefficient (Wildman–Crippen LogP) is 1.14. The first-order valence-corrected chi connectivity index (χ1v) is 5.50. The number of aliphatic carboxylic acids is 2. The lowest BCUT2D eigenvalue weighted by Gasteiger charge is -2.31. The fraction of sp³-hybridized carbons (Fsp3) is 0.818. The van der Waals surface area contributed by atoms with E-state index in [1.807, 2.05) is 20.8 Å². The van der Waals surface area contributed by atoms with Gasteiger partial charge >= 0.3 is 11.9 Å². The molecule has 2 atom stereocenters. The summed E-state index contributed by atoms with van der Waals surface area (Å²) in [4.78, 5) is 23.5. The lowest BCUT2D eigenvalue weighted by atomic mass is 10.0. The lowest BCUT2D eigenvalue weighted by molar-refractivity contribution is -0.148. The van der Waals surface area contributed by atoms with E-state index in [0.29, 0.717) is 6.54 Å². The van der Waals surface area contributed by atoms with Gasteiger partial charge in [0.05, 0.1) is 5.92 Å². The third-order valence-electron chi connectivity index (χ3n) is 2.61. The van der Waals surface area contributed by atoms with E-state index in [-0.39, 0.29) is 12.5 Å². The molecule has 0 aromatic heterocycles. The molecule has 0 aliphatic heterocycles. The van der Waals surface area contributed by atoms with E-state index in [0.717, 1.165) is 0 Å². The lowest BCUT2D eigenvalue weighted by Crippen LogP contribution is -2.47. The minimum Gasteiger partial charge on any atom is -0.481 e. The summed E-state index contributed by atoms with van der Waals surface area (Å²) in [7, 11) is 0. The zero-order valence-corrected chi connectivity index (χ0v) is 10.3. The Hall–Kier alpha value is -1.10. The molecule has 5 nitrogen and oxygen atoms in total. The Morgan fingerprint density at radius 3 is 1.88 bits per heavy atom. The molecule has 0 bridgehead atoms. The molecule has 0 rings (SSSR count). The second-order valence-corrected chi connectivity index (χ2v) is 4.35. The van der Waals surface area contributed by atoms with E-state index >= 15 is 0 Å². The highest BCUT2D eigenvalue weighted by molar-refractivity contribution is 5.74. The van der Waals surface area contributed by atoms with Gasteiger partial charge in [-0.3, -0.25) is 14.5 Å². The molecule has 0 aromatic rings. The van der Waals surface area contributed by atoms with Gasteiger partial charge in [-0.2, -0.15) is 0 Å². The molecular formula is C11H21NO4. The summed E-state index contributed by atoms with van der Waals surface area (Å²) < 4.78 is 0. The third-order valence-corrected chi connectivity index (χ3v) is 2.61. The van der Waals surface area contributed by atoms with Crippen LogP contribution in [0.5, 0.6) is 0 Å². The summed E-state index contributed by atoms with van der Waals surface area (Å²) in [5.41, 5.74) is 0. The molecule has 0 fully saturated rings. The van der Waals surface area contributed by atoms with Gasteiger partial charge < -0.3 is 10.2 Å². The molecule has 0 saturated carbocycles. The van der Waals surface area contributed by atoms with Gasteiger partial charge in [-0.05, 0) is 12.5 Å². The fourth-order valence-corrected chi connectivity index (χ4v) is 1.73. The van der Waals surface area contributed by atoms with Crippen LogP contribution in [0.15, 0.2) is 0 Å². The number of nitrogens with zero attached hydrogens (tertiary/aromatic N) is 1. The van der Waals surface area contributed by atoms with E-state index in [1.165, 1.54) is 0 Å². The van der Waals surface area contributed by atoms with Crippen molar-refractivity contribution in [1.29, 1.82) is 0 Å². The van der Waals surface area contributed by atoms with E-state index in [4.69, 9.17) is 10.2 Å². The first kappa shape index (κ1) is 14.9. The maximum absolute atomic E-state index is 11.1. The van der Waals surface area contributed by atoms with Crippen LogP contribution < -0.4 is 0 Å². The number of likely N-dealkylation sites (N-methyl/N-ethyl adjacent to an activating group) is 1. The SMILES string of the molecule is CCN(CC(C)C(=O)O)C(C(=O)O)C(C)C. The minimum absolute atomic E-state index is 0.0431. The zero-order chi connectivity index (χ0) is 12.9. The maximum Gasteiger partial charge on any atom is 0.321 e. The van der Waals surface area contributed by atoms with Gasteiger partial charge in [0.1, 0.15) is 6.04 Å². The van der Waals surface area contributed by atoms with Crippen LogP contribution in [0.25, 0.3) is 0 Å². The smallest absolute Gasteiger partial charge is 0.321 e. The molecule has 16 heavy (non-hydrogen) atoms. The summed E-state index contributed by atoms with van der Waals surface area (Å²) in [6.45, 7) is 7.88. The minimum atomic E-state index is -0.897. The highest BCUT2D eigenvalue weighted by Gasteiger charge is 2.29. The Morgan fingerprint density at radius 2 is 1.62 bits per heavy atom. The molecule has 2 unspecified atom stereocenters. The number of carboxylic acids is 2. The fourth-order valence-electron chi connectivity index (χ4n) is 1.73. The summed E-state index contributed by atoms with van der Waals surface area (Å²) in [6.07, 6.45) is 0. The maximum atomic E-state index is 11.1. The molecule has 0 aliphatic rings. The van der Waals surface area contributed by atoms with Gasteiger partial charge in [-0.15, -0.1) is 0 Å². The van der Waals surface area contributed by atoms with E-state index in [9.17, 15) is 9.59 Å². The van der Waals surface area contributed by atoms with Crippen molar-refractivity contribution in [2.24, 2.45) is 11.8 Å². The van der Waals surface area contributed by atoms with Gasteiger partial charge in [0.25, 0.3) is 0 Å². The van der Waals surface area contributed by atoms with Crippen molar-refractivity contribution in [3.8, 4) is 0 Å². The van der Waals surface area contributed by atoms with Crippen molar-refractivity contribution in [1.82, 2.24) is 4.90 Å². The third kappa shape index (κ3) is 4.18. The molecule has 0 aromatic carbocycles. The van der Waals surface area contributed by atoms with Crippen molar-refractivity contribution in [3.63, 3.8) is 0 Å². The normalized spacial score (nSPS) is 15.1. The quantitative estimate of drug-likeness (QED) is 0.687. The van der Waals surface area contributed by atoms with Crippen LogP contribution in [-0.4, -0.2) is 46.2 Å². The van der Waals surface area contributed by atoms with Crippen molar-refractivity contribution in [2.45, 2.75) is 33.7 Å². The van der Waals surface area contributed by atoms with E-state index < -0.39 is 23.9 Å². The highest BCUT2D eigenvalue weighted by atomic mass is 16.4. The van der Waals surface area contributed by atoms with Crippen LogP contribution in [0.1, 0.15) is 27.7 Å². The molecule has 5 heteroatoms. The number of carboxylic acid groups (broad SMARTS) is 2. The van der Waals surface area contributed by atoms with Crippen LogP contribution in [0, 0.1) is 11.8 Å². The Labute approximate surface area is 96.1 Å². The largest absolute Gasteiger partial charge is 0.481 e. The molecule has 0 amide bonds. The second kappa shape index (κ2) is 6.48. The molecule has 2 N–H and O–H groups in total. The van der Waals surface area contributed by atoms with Crippen LogP contribution in [0.3, 0.4) is 0 Å². The highest BCUT2D eigenvalue weighted by Crippen LogP contribution is 2.13. The van der Waals surface area contributed by atoms with Gasteiger partial charge in [-0.1, -0.05) is 27.7 Å². The van der Waals surface area contributed by atoms with Crippen molar-refractivity contribution >= 4 is 11.9 Å². The monoisotopic (exact) mass is 231 g/mol. The van der Waals surface area contributed by atoms with Crippen LogP contribution in [-0.2, 0) is 9.59 Å². The van der Waals surface area contributed by atoms with Crippen LogP contribution >= 0.6 is 0 Å². The average Bonchev–Trinajstić information content (AvgIpc) is 2.14. The molecular weight excluding hydrogens is 210 g/mol. The average molecular weight is 231 g/mol. The van der Waals surface area contributed by atoms with Gasteiger partial charge in [0, 0.05) is 6.54 Å². The Kier molecular flexibility index (Phi) is 6.03. The molecule has 0 radical (unpaired) electrons. The Morgan fingerprint density at radius 1 is 1.12 bits per heavy atom.